The first kappa shape index (κ1) is 20.3. The van der Waals surface area contributed by atoms with Crippen molar-refractivity contribution < 1.29 is 23.2 Å². The predicted octanol–water partition coefficient (Wildman–Crippen LogP) is 5.06. The molecule has 0 aliphatic carbocycles. The molecule has 0 fully saturated rings. The summed E-state index contributed by atoms with van der Waals surface area (Å²) in [5.41, 5.74) is 0.986. The monoisotopic (exact) mass is 437 g/mol. The van der Waals surface area contributed by atoms with E-state index >= 15 is 0 Å². The lowest BCUT2D eigenvalue weighted by Gasteiger charge is -2.12. The molecule has 0 bridgehead atoms. The van der Waals surface area contributed by atoms with Crippen LogP contribution in [0, 0.1) is 5.82 Å². The zero-order chi connectivity index (χ0) is 21.8. The normalized spacial score (nSPS) is 10.5. The number of hydrogen-bond donors (Lipinski definition) is 2. The van der Waals surface area contributed by atoms with Crippen LogP contribution in [0.15, 0.2) is 70.6 Å². The van der Waals surface area contributed by atoms with Crippen molar-refractivity contribution in [2.45, 2.75) is 0 Å². The lowest BCUT2D eigenvalue weighted by molar-refractivity contribution is 0.101. The molecule has 0 atom stereocenters. The van der Waals surface area contributed by atoms with E-state index in [0.29, 0.717) is 22.9 Å². The Morgan fingerprint density at radius 2 is 1.90 bits per heavy atom. The van der Waals surface area contributed by atoms with Gasteiger partial charge in [-0.15, -0.1) is 11.3 Å². The SMILES string of the molecule is COc1ccc(NC(=O)c2cc(-c3cccs3)on2)cc1NC(=O)c1cccc(F)c1. The van der Waals surface area contributed by atoms with Gasteiger partial charge in [-0.25, -0.2) is 4.39 Å². The van der Waals surface area contributed by atoms with E-state index in [1.807, 2.05) is 17.5 Å². The molecule has 31 heavy (non-hydrogen) atoms. The number of methoxy groups -OCH3 is 1. The number of aromatic nitrogens is 1. The number of amides is 2. The highest BCUT2D eigenvalue weighted by Crippen LogP contribution is 2.29. The van der Waals surface area contributed by atoms with Gasteiger partial charge in [0.2, 0.25) is 0 Å². The Balaban J connectivity index is 1.51. The maximum Gasteiger partial charge on any atom is 0.277 e. The number of anilines is 2. The Labute approximate surface area is 180 Å². The third-order valence-electron chi connectivity index (χ3n) is 4.30. The van der Waals surface area contributed by atoms with Crippen LogP contribution >= 0.6 is 11.3 Å². The molecule has 7 nitrogen and oxygen atoms in total. The molecule has 9 heteroatoms. The Morgan fingerprint density at radius 3 is 2.65 bits per heavy atom. The summed E-state index contributed by atoms with van der Waals surface area (Å²) in [5.74, 6) is -0.630. The molecule has 2 amide bonds. The van der Waals surface area contributed by atoms with Crippen molar-refractivity contribution >= 4 is 34.5 Å². The van der Waals surface area contributed by atoms with Crippen molar-refractivity contribution in [1.29, 1.82) is 0 Å². The summed E-state index contributed by atoms with van der Waals surface area (Å²) < 4.78 is 23.9. The number of halogens is 1. The van der Waals surface area contributed by atoms with E-state index in [4.69, 9.17) is 9.26 Å². The van der Waals surface area contributed by atoms with Crippen LogP contribution in [0.3, 0.4) is 0 Å². The van der Waals surface area contributed by atoms with Crippen molar-refractivity contribution in [2.24, 2.45) is 0 Å². The van der Waals surface area contributed by atoms with Crippen molar-refractivity contribution in [2.75, 3.05) is 17.7 Å². The molecule has 0 saturated heterocycles. The average molecular weight is 437 g/mol. The smallest absolute Gasteiger partial charge is 0.277 e. The topological polar surface area (TPSA) is 93.5 Å². The van der Waals surface area contributed by atoms with Gasteiger partial charge in [0.05, 0.1) is 17.7 Å². The molecule has 4 rings (SSSR count). The van der Waals surface area contributed by atoms with Crippen molar-refractivity contribution in [3.63, 3.8) is 0 Å². The van der Waals surface area contributed by atoms with Crippen LogP contribution in [0.1, 0.15) is 20.8 Å². The first-order valence-corrected chi connectivity index (χ1v) is 9.98. The van der Waals surface area contributed by atoms with E-state index in [-0.39, 0.29) is 11.3 Å². The number of carbonyl (C=O) groups is 2. The number of ether oxygens (including phenoxy) is 1. The average Bonchev–Trinajstić information content (AvgIpc) is 3.46. The molecule has 2 aromatic heterocycles. The van der Waals surface area contributed by atoms with Crippen LogP contribution < -0.4 is 15.4 Å². The number of carbonyl (C=O) groups excluding carboxylic acids is 2. The number of benzene rings is 2. The summed E-state index contributed by atoms with van der Waals surface area (Å²) in [7, 11) is 1.45. The van der Waals surface area contributed by atoms with E-state index in [2.05, 4.69) is 15.8 Å². The Bertz CT molecular complexity index is 1240. The molecule has 4 aromatic rings. The maximum atomic E-state index is 13.4. The number of thiophene rings is 1. The number of rotatable bonds is 6. The predicted molar refractivity (Wildman–Crippen MR) is 115 cm³/mol. The summed E-state index contributed by atoms with van der Waals surface area (Å²) in [6.45, 7) is 0. The van der Waals surface area contributed by atoms with E-state index in [1.165, 1.54) is 42.7 Å². The minimum atomic E-state index is -0.518. The fourth-order valence-corrected chi connectivity index (χ4v) is 3.49. The molecule has 0 spiro atoms. The standard InChI is InChI=1S/C22H16FN3O4S/c1-29-18-8-7-15(11-16(18)25-21(27)13-4-2-5-14(23)10-13)24-22(28)17-12-19(30-26-17)20-6-3-9-31-20/h2-12H,1H3,(H,24,28)(H,25,27). The van der Waals surface area contributed by atoms with E-state index < -0.39 is 17.6 Å². The molecule has 2 aromatic carbocycles. The highest BCUT2D eigenvalue weighted by Gasteiger charge is 2.16. The second kappa shape index (κ2) is 8.80. The fraction of sp³-hybridized carbons (Fsp3) is 0.0455. The van der Waals surface area contributed by atoms with Gasteiger partial charge in [-0.05, 0) is 47.8 Å². The van der Waals surface area contributed by atoms with Gasteiger partial charge in [-0.3, -0.25) is 9.59 Å². The lowest BCUT2D eigenvalue weighted by atomic mass is 10.2. The minimum absolute atomic E-state index is 0.115. The number of nitrogens with one attached hydrogen (secondary N) is 2. The fourth-order valence-electron chi connectivity index (χ4n) is 2.82. The summed E-state index contributed by atoms with van der Waals surface area (Å²) in [5, 5.41) is 11.1. The zero-order valence-corrected chi connectivity index (χ0v) is 17.0. The Morgan fingerprint density at radius 1 is 1.03 bits per heavy atom. The second-order valence-electron chi connectivity index (χ2n) is 6.39. The zero-order valence-electron chi connectivity index (χ0n) is 16.2. The van der Waals surface area contributed by atoms with Gasteiger partial charge >= 0.3 is 0 Å². The quantitative estimate of drug-likeness (QED) is 0.440. The highest BCUT2D eigenvalue weighted by molar-refractivity contribution is 7.13. The first-order valence-electron chi connectivity index (χ1n) is 9.10. The van der Waals surface area contributed by atoms with Crippen LogP contribution in [-0.4, -0.2) is 24.1 Å². The van der Waals surface area contributed by atoms with Gasteiger partial charge in [0.15, 0.2) is 11.5 Å². The summed E-state index contributed by atoms with van der Waals surface area (Å²) in [6.07, 6.45) is 0. The number of hydrogen-bond acceptors (Lipinski definition) is 6. The van der Waals surface area contributed by atoms with Gasteiger partial charge < -0.3 is 19.9 Å². The van der Waals surface area contributed by atoms with E-state index in [9.17, 15) is 14.0 Å². The van der Waals surface area contributed by atoms with Gasteiger partial charge in [-0.2, -0.15) is 0 Å². The maximum absolute atomic E-state index is 13.4. The summed E-state index contributed by atoms with van der Waals surface area (Å²) in [6, 6.07) is 15.4. The Hall–Kier alpha value is -3.98. The summed E-state index contributed by atoms with van der Waals surface area (Å²) in [4.78, 5) is 25.9. The molecular formula is C22H16FN3O4S. The first-order chi connectivity index (χ1) is 15.0. The molecule has 0 aliphatic rings. The van der Waals surface area contributed by atoms with Gasteiger partial charge in [-0.1, -0.05) is 17.3 Å². The van der Waals surface area contributed by atoms with Crippen LogP contribution in [0.2, 0.25) is 0 Å². The molecule has 0 unspecified atom stereocenters. The van der Waals surface area contributed by atoms with Crippen molar-refractivity contribution in [1.82, 2.24) is 5.16 Å². The lowest BCUT2D eigenvalue weighted by Crippen LogP contribution is -2.15. The molecular weight excluding hydrogens is 421 g/mol. The van der Waals surface area contributed by atoms with E-state index in [0.717, 1.165) is 10.9 Å². The van der Waals surface area contributed by atoms with Gasteiger partial charge in [0.25, 0.3) is 11.8 Å². The largest absolute Gasteiger partial charge is 0.495 e. The van der Waals surface area contributed by atoms with Gasteiger partial charge in [0.1, 0.15) is 11.6 Å². The van der Waals surface area contributed by atoms with Crippen molar-refractivity contribution in [3.8, 4) is 16.4 Å². The molecule has 0 radical (unpaired) electrons. The molecule has 2 heterocycles. The third-order valence-corrected chi connectivity index (χ3v) is 5.18. The molecule has 156 valence electrons. The van der Waals surface area contributed by atoms with Crippen LogP contribution in [-0.2, 0) is 0 Å². The van der Waals surface area contributed by atoms with Crippen LogP contribution in [0.4, 0.5) is 15.8 Å². The molecule has 0 aliphatic heterocycles. The second-order valence-corrected chi connectivity index (χ2v) is 7.34. The van der Waals surface area contributed by atoms with Crippen LogP contribution in [0.25, 0.3) is 10.6 Å². The van der Waals surface area contributed by atoms with E-state index in [1.54, 1.807) is 18.2 Å². The summed E-state index contributed by atoms with van der Waals surface area (Å²) >= 11 is 1.47. The number of nitrogens with zero attached hydrogens (tertiary/aromatic N) is 1. The third kappa shape index (κ3) is 4.62. The highest BCUT2D eigenvalue weighted by atomic mass is 32.1. The van der Waals surface area contributed by atoms with Crippen LogP contribution in [0.5, 0.6) is 5.75 Å². The molecule has 0 saturated carbocycles. The Kier molecular flexibility index (Phi) is 5.76. The van der Waals surface area contributed by atoms with Gasteiger partial charge in [0, 0.05) is 17.3 Å². The minimum Gasteiger partial charge on any atom is -0.495 e. The molecule has 2 N–H and O–H groups in total. The van der Waals surface area contributed by atoms with Crippen molar-refractivity contribution in [3.05, 3.63) is 83.1 Å².